The highest BCUT2D eigenvalue weighted by atomic mass is 32.2. The van der Waals surface area contributed by atoms with Gasteiger partial charge in [-0.25, -0.2) is 12.7 Å². The molecular weight excluding hydrogens is 276 g/mol. The molecule has 0 radical (unpaired) electrons. The smallest absolute Gasteiger partial charge is 0.216 e. The lowest BCUT2D eigenvalue weighted by Crippen LogP contribution is -2.51. The molecule has 0 aromatic heterocycles. The summed E-state index contributed by atoms with van der Waals surface area (Å²) in [6.07, 6.45) is 3.80. The van der Waals surface area contributed by atoms with Gasteiger partial charge in [0.1, 0.15) is 0 Å². The molecule has 2 rings (SSSR count). The lowest BCUT2D eigenvalue weighted by atomic mass is 9.95. The molecule has 5 nitrogen and oxygen atoms in total. The van der Waals surface area contributed by atoms with E-state index in [9.17, 15) is 8.42 Å². The number of nitrogens with zero attached hydrogens (tertiary/aromatic N) is 1. The second-order valence-corrected chi connectivity index (χ2v) is 8.11. The van der Waals surface area contributed by atoms with Crippen LogP contribution >= 0.6 is 0 Å². The summed E-state index contributed by atoms with van der Waals surface area (Å²) in [6.45, 7) is 7.29. The van der Waals surface area contributed by atoms with Crippen molar-refractivity contribution in [2.24, 2.45) is 5.92 Å². The number of hydrogen-bond donors (Lipinski definition) is 1. The molecule has 0 saturated carbocycles. The summed E-state index contributed by atoms with van der Waals surface area (Å²) >= 11 is 0. The fraction of sp³-hybridized carbons (Fsp3) is 1.00. The van der Waals surface area contributed by atoms with E-state index in [1.807, 2.05) is 0 Å². The highest BCUT2D eigenvalue weighted by Gasteiger charge is 2.34. The molecule has 3 atom stereocenters. The summed E-state index contributed by atoms with van der Waals surface area (Å²) in [5, 5.41) is 3.52. The molecule has 6 heteroatoms. The molecule has 2 saturated heterocycles. The molecule has 2 aliphatic heterocycles. The number of hydrogen-bond acceptors (Lipinski definition) is 4. The van der Waals surface area contributed by atoms with Gasteiger partial charge in [-0.15, -0.1) is 0 Å². The van der Waals surface area contributed by atoms with Crippen molar-refractivity contribution in [3.05, 3.63) is 0 Å². The Morgan fingerprint density at radius 2 is 2.15 bits per heavy atom. The van der Waals surface area contributed by atoms with Crippen LogP contribution in [0.2, 0.25) is 0 Å². The van der Waals surface area contributed by atoms with Gasteiger partial charge in [0.2, 0.25) is 10.0 Å². The van der Waals surface area contributed by atoms with Gasteiger partial charge < -0.3 is 10.1 Å². The van der Waals surface area contributed by atoms with Crippen LogP contribution in [0.15, 0.2) is 0 Å². The van der Waals surface area contributed by atoms with Gasteiger partial charge in [0, 0.05) is 25.7 Å². The maximum absolute atomic E-state index is 12.4. The fourth-order valence-electron chi connectivity index (χ4n) is 3.11. The Bertz CT molecular complexity index is 393. The zero-order chi connectivity index (χ0) is 14.6. The van der Waals surface area contributed by atoms with Crippen molar-refractivity contribution in [1.82, 2.24) is 9.62 Å². The van der Waals surface area contributed by atoms with Crippen LogP contribution in [0.5, 0.6) is 0 Å². The van der Waals surface area contributed by atoms with Gasteiger partial charge in [0.15, 0.2) is 0 Å². The molecule has 0 aromatic carbocycles. The molecule has 0 amide bonds. The topological polar surface area (TPSA) is 58.6 Å². The summed E-state index contributed by atoms with van der Waals surface area (Å²) in [5.74, 6) is 0.529. The molecule has 20 heavy (non-hydrogen) atoms. The van der Waals surface area contributed by atoms with Crippen LogP contribution in [0.4, 0.5) is 0 Å². The second-order valence-electron chi connectivity index (χ2n) is 6.10. The zero-order valence-electron chi connectivity index (χ0n) is 12.7. The van der Waals surface area contributed by atoms with Crippen LogP contribution in [0.3, 0.4) is 0 Å². The molecule has 0 spiro atoms. The highest BCUT2D eigenvalue weighted by Crippen LogP contribution is 2.22. The van der Waals surface area contributed by atoms with E-state index in [-0.39, 0.29) is 11.9 Å². The fourth-order valence-corrected chi connectivity index (χ4v) is 4.90. The van der Waals surface area contributed by atoms with Gasteiger partial charge in [0.25, 0.3) is 0 Å². The molecular formula is C14H28N2O3S. The first-order valence-corrected chi connectivity index (χ1v) is 9.46. The zero-order valence-corrected chi connectivity index (χ0v) is 13.5. The van der Waals surface area contributed by atoms with Crippen molar-refractivity contribution in [2.75, 3.05) is 32.0 Å². The van der Waals surface area contributed by atoms with Crippen LogP contribution in [-0.4, -0.2) is 56.9 Å². The predicted octanol–water partition coefficient (Wildman–Crippen LogP) is 1.21. The molecule has 3 unspecified atom stereocenters. The van der Waals surface area contributed by atoms with E-state index < -0.39 is 10.0 Å². The third kappa shape index (κ3) is 4.16. The molecule has 1 N–H and O–H groups in total. The van der Waals surface area contributed by atoms with Crippen LogP contribution in [-0.2, 0) is 14.8 Å². The molecule has 0 aromatic rings. The number of rotatable bonds is 6. The second kappa shape index (κ2) is 7.20. The van der Waals surface area contributed by atoms with Crippen molar-refractivity contribution in [2.45, 2.75) is 51.7 Å². The van der Waals surface area contributed by atoms with E-state index in [0.717, 1.165) is 32.2 Å². The Morgan fingerprint density at radius 3 is 2.75 bits per heavy atom. The average Bonchev–Trinajstić information content (AvgIpc) is 2.89. The first kappa shape index (κ1) is 16.2. The normalized spacial score (nSPS) is 32.6. The minimum absolute atomic E-state index is 0.0914. The maximum atomic E-state index is 12.4. The molecule has 2 heterocycles. The van der Waals surface area contributed by atoms with Crippen molar-refractivity contribution in [1.29, 1.82) is 0 Å². The van der Waals surface area contributed by atoms with Crippen molar-refractivity contribution < 1.29 is 13.2 Å². The largest absolute Gasteiger partial charge is 0.377 e. The summed E-state index contributed by atoms with van der Waals surface area (Å²) in [4.78, 5) is 0. The highest BCUT2D eigenvalue weighted by molar-refractivity contribution is 7.89. The number of ether oxygens (including phenoxy) is 1. The Hall–Kier alpha value is -0.170. The van der Waals surface area contributed by atoms with E-state index >= 15 is 0 Å². The predicted molar refractivity (Wildman–Crippen MR) is 80.2 cm³/mol. The van der Waals surface area contributed by atoms with E-state index in [4.69, 9.17) is 4.74 Å². The van der Waals surface area contributed by atoms with Gasteiger partial charge in [0.05, 0.1) is 11.9 Å². The monoisotopic (exact) mass is 304 g/mol. The van der Waals surface area contributed by atoms with Gasteiger partial charge >= 0.3 is 0 Å². The SMILES string of the molecule is CCCNC1CCN(S(=O)(=O)CC2CCCO2)CC1C. The number of nitrogens with one attached hydrogen (secondary N) is 1. The third-order valence-electron chi connectivity index (χ3n) is 4.34. The molecule has 0 bridgehead atoms. The summed E-state index contributed by atoms with van der Waals surface area (Å²) in [6, 6.07) is 0.448. The maximum Gasteiger partial charge on any atom is 0.216 e. The van der Waals surface area contributed by atoms with Gasteiger partial charge in [-0.05, 0) is 38.1 Å². The van der Waals surface area contributed by atoms with Crippen molar-refractivity contribution in [3.8, 4) is 0 Å². The van der Waals surface area contributed by atoms with Crippen molar-refractivity contribution in [3.63, 3.8) is 0 Å². The Balaban J connectivity index is 1.87. The van der Waals surface area contributed by atoms with Crippen molar-refractivity contribution >= 4 is 10.0 Å². The van der Waals surface area contributed by atoms with E-state index in [1.165, 1.54) is 0 Å². The number of piperidine rings is 1. The first-order chi connectivity index (χ1) is 9.53. The Labute approximate surface area is 123 Å². The van der Waals surface area contributed by atoms with Gasteiger partial charge in [-0.3, -0.25) is 0 Å². The van der Waals surface area contributed by atoms with Crippen LogP contribution in [0, 0.1) is 5.92 Å². The minimum atomic E-state index is -3.16. The average molecular weight is 304 g/mol. The minimum Gasteiger partial charge on any atom is -0.377 e. The third-order valence-corrected chi connectivity index (χ3v) is 6.25. The van der Waals surface area contributed by atoms with Gasteiger partial charge in [-0.2, -0.15) is 0 Å². The Kier molecular flexibility index (Phi) is 5.84. The number of sulfonamides is 1. The standard InChI is InChI=1S/C14H28N2O3S/c1-3-7-15-14-6-8-16(10-12(14)2)20(17,18)11-13-5-4-9-19-13/h12-15H,3-11H2,1-2H3. The molecule has 118 valence electrons. The summed E-state index contributed by atoms with van der Waals surface area (Å²) in [5.41, 5.74) is 0. The molecule has 2 fully saturated rings. The van der Waals surface area contributed by atoms with Crippen LogP contribution in [0.1, 0.15) is 39.5 Å². The summed E-state index contributed by atoms with van der Waals surface area (Å²) in [7, 11) is -3.16. The lowest BCUT2D eigenvalue weighted by molar-refractivity contribution is 0.125. The molecule has 2 aliphatic rings. The van der Waals surface area contributed by atoms with E-state index in [0.29, 0.717) is 31.7 Å². The van der Waals surface area contributed by atoms with Gasteiger partial charge in [-0.1, -0.05) is 13.8 Å². The van der Waals surface area contributed by atoms with Crippen LogP contribution in [0.25, 0.3) is 0 Å². The van der Waals surface area contributed by atoms with Crippen LogP contribution < -0.4 is 5.32 Å². The van der Waals surface area contributed by atoms with E-state index in [2.05, 4.69) is 19.2 Å². The Morgan fingerprint density at radius 1 is 1.35 bits per heavy atom. The lowest BCUT2D eigenvalue weighted by Gasteiger charge is -2.37. The van der Waals surface area contributed by atoms with E-state index in [1.54, 1.807) is 4.31 Å². The summed E-state index contributed by atoms with van der Waals surface area (Å²) < 4.78 is 32.0. The quantitative estimate of drug-likeness (QED) is 0.801. The first-order valence-electron chi connectivity index (χ1n) is 7.85. The molecule has 0 aliphatic carbocycles.